The zero-order valence-electron chi connectivity index (χ0n) is 8.43. The van der Waals surface area contributed by atoms with Crippen LogP contribution in [0.1, 0.15) is 16.8 Å². The predicted molar refractivity (Wildman–Crippen MR) is 68.8 cm³/mol. The second-order valence-electron chi connectivity index (χ2n) is 3.11. The van der Waals surface area contributed by atoms with Gasteiger partial charge >= 0.3 is 5.97 Å². The zero-order valence-corrected chi connectivity index (χ0v) is 12.6. The molecule has 0 heterocycles. The molecule has 0 atom stereocenters. The molecule has 0 unspecified atom stereocenters. The summed E-state index contributed by atoms with van der Waals surface area (Å²) in [5.41, 5.74) is 0.309. The fourth-order valence-electron chi connectivity index (χ4n) is 1.04. The van der Waals surface area contributed by atoms with Gasteiger partial charge in [0.1, 0.15) is 5.82 Å². The van der Waals surface area contributed by atoms with Gasteiger partial charge in [0.05, 0.1) is 12.2 Å². The van der Waals surface area contributed by atoms with E-state index in [9.17, 15) is 9.18 Å². The van der Waals surface area contributed by atoms with Crippen molar-refractivity contribution in [2.75, 3.05) is 6.61 Å². The smallest absolute Gasteiger partial charge is 0.339 e. The molecule has 5 heteroatoms. The SMILES string of the molecule is O=C(OCCC[SiH3])c1cc(F)ccc1I. The van der Waals surface area contributed by atoms with Gasteiger partial charge in [-0.1, -0.05) is 6.04 Å². The van der Waals surface area contributed by atoms with E-state index in [2.05, 4.69) is 0 Å². The summed E-state index contributed by atoms with van der Waals surface area (Å²) in [4.78, 5) is 11.5. The maximum atomic E-state index is 12.9. The molecule has 0 amide bonds. The Hall–Kier alpha value is -0.433. The Labute approximate surface area is 105 Å². The summed E-state index contributed by atoms with van der Waals surface area (Å²) < 4.78 is 18.6. The second kappa shape index (κ2) is 6.22. The Balaban J connectivity index is 2.68. The molecule has 1 aromatic rings. The highest BCUT2D eigenvalue weighted by Gasteiger charge is 2.11. The van der Waals surface area contributed by atoms with Crippen LogP contribution in [0, 0.1) is 9.39 Å². The number of rotatable bonds is 4. The Morgan fingerprint density at radius 3 is 2.93 bits per heavy atom. The quantitative estimate of drug-likeness (QED) is 0.362. The van der Waals surface area contributed by atoms with E-state index >= 15 is 0 Å². The van der Waals surface area contributed by atoms with E-state index < -0.39 is 11.8 Å². The predicted octanol–water partition coefficient (Wildman–Crippen LogP) is 1.76. The minimum Gasteiger partial charge on any atom is -0.462 e. The van der Waals surface area contributed by atoms with Crippen LogP contribution in [0.2, 0.25) is 6.04 Å². The van der Waals surface area contributed by atoms with Crippen LogP contribution in [0.4, 0.5) is 4.39 Å². The van der Waals surface area contributed by atoms with Crippen molar-refractivity contribution in [3.8, 4) is 0 Å². The van der Waals surface area contributed by atoms with Crippen molar-refractivity contribution in [3.05, 3.63) is 33.1 Å². The van der Waals surface area contributed by atoms with E-state index in [1.54, 1.807) is 6.07 Å². The van der Waals surface area contributed by atoms with Crippen LogP contribution in [0.15, 0.2) is 18.2 Å². The van der Waals surface area contributed by atoms with Crippen LogP contribution in [-0.2, 0) is 4.74 Å². The van der Waals surface area contributed by atoms with Gasteiger partial charge in [-0.05, 0) is 47.2 Å². The molecule has 0 aliphatic rings. The molecule has 0 aliphatic heterocycles. The lowest BCUT2D eigenvalue weighted by Crippen LogP contribution is -2.08. The Kier molecular flexibility index (Phi) is 5.24. The number of ether oxygens (including phenoxy) is 1. The molecule has 82 valence electrons. The van der Waals surface area contributed by atoms with Crippen LogP contribution in [-0.4, -0.2) is 22.8 Å². The third-order valence-electron chi connectivity index (χ3n) is 1.88. The molecule has 0 saturated carbocycles. The van der Waals surface area contributed by atoms with Gasteiger partial charge in [-0.3, -0.25) is 0 Å². The number of carbonyl (C=O) groups is 1. The molecule has 1 aromatic carbocycles. The summed E-state index contributed by atoms with van der Waals surface area (Å²) in [5.74, 6) is -0.848. The molecular formula is C10H12FIO2Si. The van der Waals surface area contributed by atoms with Crippen molar-refractivity contribution in [1.82, 2.24) is 0 Å². The van der Waals surface area contributed by atoms with Crippen molar-refractivity contribution >= 4 is 38.8 Å². The van der Waals surface area contributed by atoms with Crippen LogP contribution < -0.4 is 0 Å². The minimum atomic E-state index is -0.436. The highest BCUT2D eigenvalue weighted by molar-refractivity contribution is 14.1. The monoisotopic (exact) mass is 338 g/mol. The first-order chi connectivity index (χ1) is 7.15. The van der Waals surface area contributed by atoms with Crippen molar-refractivity contribution in [2.45, 2.75) is 12.5 Å². The Bertz CT molecular complexity index is 357. The summed E-state index contributed by atoms with van der Waals surface area (Å²) in [7, 11) is 1.11. The molecule has 0 aromatic heterocycles. The number of hydrogen-bond acceptors (Lipinski definition) is 2. The van der Waals surface area contributed by atoms with Gasteiger partial charge in [-0.15, -0.1) is 0 Å². The first-order valence-electron chi connectivity index (χ1n) is 4.77. The molecule has 0 bridgehead atoms. The zero-order chi connectivity index (χ0) is 11.3. The number of esters is 1. The molecule has 0 saturated heterocycles. The summed E-state index contributed by atoms with van der Waals surface area (Å²) in [6.45, 7) is 0.426. The van der Waals surface area contributed by atoms with Crippen molar-refractivity contribution in [2.24, 2.45) is 0 Å². The molecule has 0 radical (unpaired) electrons. The van der Waals surface area contributed by atoms with Gasteiger partial charge in [-0.2, -0.15) is 0 Å². The van der Waals surface area contributed by atoms with Gasteiger partial charge in [0.15, 0.2) is 0 Å². The van der Waals surface area contributed by atoms with E-state index in [1.165, 1.54) is 12.1 Å². The molecule has 0 spiro atoms. The average Bonchev–Trinajstić information content (AvgIpc) is 2.22. The maximum absolute atomic E-state index is 12.9. The van der Waals surface area contributed by atoms with E-state index in [0.717, 1.165) is 22.7 Å². The van der Waals surface area contributed by atoms with Crippen molar-refractivity contribution in [1.29, 1.82) is 0 Å². The van der Waals surface area contributed by atoms with Crippen molar-refractivity contribution in [3.63, 3.8) is 0 Å². The normalized spacial score (nSPS) is 10.3. The van der Waals surface area contributed by atoms with Gasteiger partial charge in [-0.25, -0.2) is 9.18 Å². The highest BCUT2D eigenvalue weighted by Crippen LogP contribution is 2.15. The third-order valence-corrected chi connectivity index (χ3v) is 3.53. The number of benzene rings is 1. The van der Waals surface area contributed by atoms with Gasteiger partial charge in [0.2, 0.25) is 0 Å². The molecule has 1 rings (SSSR count). The Morgan fingerprint density at radius 2 is 2.27 bits per heavy atom. The number of hydrogen-bond donors (Lipinski definition) is 0. The maximum Gasteiger partial charge on any atom is 0.339 e. The first-order valence-corrected chi connectivity index (χ1v) is 7.26. The van der Waals surface area contributed by atoms with Crippen LogP contribution in [0.25, 0.3) is 0 Å². The summed E-state index contributed by atoms with van der Waals surface area (Å²) in [5, 5.41) is 0. The molecule has 15 heavy (non-hydrogen) atoms. The molecule has 0 fully saturated rings. The largest absolute Gasteiger partial charge is 0.462 e. The van der Waals surface area contributed by atoms with Crippen molar-refractivity contribution < 1.29 is 13.9 Å². The van der Waals surface area contributed by atoms with E-state index in [4.69, 9.17) is 4.74 Å². The lowest BCUT2D eigenvalue weighted by atomic mass is 10.2. The molecular weight excluding hydrogens is 326 g/mol. The van der Waals surface area contributed by atoms with E-state index in [-0.39, 0.29) is 0 Å². The van der Waals surface area contributed by atoms with Crippen LogP contribution in [0.3, 0.4) is 0 Å². The summed E-state index contributed by atoms with van der Waals surface area (Å²) >= 11 is 1.99. The Morgan fingerprint density at radius 1 is 1.53 bits per heavy atom. The minimum absolute atomic E-state index is 0.309. The van der Waals surface area contributed by atoms with Crippen LogP contribution >= 0.6 is 22.6 Å². The topological polar surface area (TPSA) is 26.3 Å². The fraction of sp³-hybridized carbons (Fsp3) is 0.300. The molecule has 0 N–H and O–H groups in total. The third kappa shape index (κ3) is 3.90. The number of carbonyl (C=O) groups excluding carboxylic acids is 1. The van der Waals surface area contributed by atoms with Crippen LogP contribution in [0.5, 0.6) is 0 Å². The second-order valence-corrected chi connectivity index (χ2v) is 5.28. The lowest BCUT2D eigenvalue weighted by Gasteiger charge is -2.05. The highest BCUT2D eigenvalue weighted by atomic mass is 127. The van der Waals surface area contributed by atoms with Gasteiger partial charge in [0.25, 0.3) is 0 Å². The van der Waals surface area contributed by atoms with Gasteiger partial charge < -0.3 is 4.74 Å². The number of halogens is 2. The van der Waals surface area contributed by atoms with E-state index in [0.29, 0.717) is 15.7 Å². The standard InChI is InChI=1S/C10H12FIO2Si/c11-7-2-3-9(12)8(6-7)10(13)14-4-1-5-15/h2-3,6H,1,4-5H2,15H3. The lowest BCUT2D eigenvalue weighted by molar-refractivity contribution is 0.0503. The summed E-state index contributed by atoms with van der Waals surface area (Å²) in [6.07, 6.45) is 0.893. The average molecular weight is 338 g/mol. The van der Waals surface area contributed by atoms with E-state index in [1.807, 2.05) is 22.6 Å². The summed E-state index contributed by atoms with van der Waals surface area (Å²) in [6, 6.07) is 5.22. The molecule has 0 aliphatic carbocycles. The van der Waals surface area contributed by atoms with Gasteiger partial charge in [0, 0.05) is 13.8 Å². The molecule has 2 nitrogen and oxygen atoms in total. The first kappa shape index (κ1) is 12.6. The fourth-order valence-corrected chi connectivity index (χ4v) is 1.89.